The Kier molecular flexibility index (Phi) is 59.9. The van der Waals surface area contributed by atoms with E-state index in [2.05, 4.69) is 31.3 Å². The molecule has 0 aliphatic heterocycles. The number of esters is 1. The van der Waals surface area contributed by atoms with Gasteiger partial charge in [-0.15, -0.1) is 0 Å². The van der Waals surface area contributed by atoms with Gasteiger partial charge in [0.05, 0.1) is 25.4 Å². The molecule has 0 aliphatic carbocycles. The highest BCUT2D eigenvalue weighted by Gasteiger charge is 2.20. The molecule has 422 valence electrons. The number of nitrogens with one attached hydrogen (secondary N) is 1. The molecular weight excluding hydrogens is 875 g/mol. The van der Waals surface area contributed by atoms with Gasteiger partial charge >= 0.3 is 5.97 Å². The average molecular weight is 1000 g/mol. The fourth-order valence-electron chi connectivity index (χ4n) is 10.3. The van der Waals surface area contributed by atoms with Gasteiger partial charge in [-0.2, -0.15) is 0 Å². The van der Waals surface area contributed by atoms with Crippen molar-refractivity contribution < 1.29 is 24.5 Å². The molecule has 1 amide bonds. The summed E-state index contributed by atoms with van der Waals surface area (Å²) in [6.07, 6.45) is 73.6. The molecule has 0 saturated heterocycles. The number of allylic oxidation sites excluding steroid dienone is 2. The number of carbonyl (C=O) groups is 2. The molecule has 0 radical (unpaired) electrons. The van der Waals surface area contributed by atoms with E-state index in [9.17, 15) is 19.8 Å². The third-order valence-corrected chi connectivity index (χ3v) is 15.3. The molecule has 0 rings (SSSR count). The average Bonchev–Trinajstić information content (AvgIpc) is 3.37. The molecule has 6 nitrogen and oxygen atoms in total. The number of hydrogen-bond acceptors (Lipinski definition) is 5. The maximum atomic E-state index is 12.5. The third-order valence-electron chi connectivity index (χ3n) is 15.3. The van der Waals surface area contributed by atoms with E-state index in [0.717, 1.165) is 51.4 Å². The standard InChI is InChI=1S/C65H127NO5/c1-3-5-7-9-11-13-15-17-19-21-22-23-24-25-26-27-28-29-33-37-41-45-49-53-57-63(68)62(61-67)66-64(69)58-54-50-46-42-38-34-31-32-36-40-44-48-52-56-60-71-65(70)59-55-51-47-43-39-35-30-20-18-16-14-12-10-8-6-4-2/h20,30,62-63,67-68H,3-19,21-29,31-61H2,1-2H3,(H,66,69)/b30-20-. The lowest BCUT2D eigenvalue weighted by atomic mass is 10.0. The Bertz CT molecular complexity index is 1060. The van der Waals surface area contributed by atoms with Crippen LogP contribution in [0.1, 0.15) is 367 Å². The summed E-state index contributed by atoms with van der Waals surface area (Å²) in [6, 6.07) is -0.551. The van der Waals surface area contributed by atoms with Crippen LogP contribution in [0.5, 0.6) is 0 Å². The molecule has 0 aliphatic rings. The summed E-state index contributed by atoms with van der Waals surface area (Å²) in [7, 11) is 0. The Balaban J connectivity index is 3.42. The van der Waals surface area contributed by atoms with E-state index in [1.165, 1.54) is 283 Å². The number of unbranched alkanes of at least 4 members (excludes halogenated alkanes) is 48. The van der Waals surface area contributed by atoms with Crippen LogP contribution in [0.25, 0.3) is 0 Å². The highest BCUT2D eigenvalue weighted by molar-refractivity contribution is 5.76. The molecule has 2 unspecified atom stereocenters. The van der Waals surface area contributed by atoms with E-state index >= 15 is 0 Å². The lowest BCUT2D eigenvalue weighted by Crippen LogP contribution is -2.45. The van der Waals surface area contributed by atoms with E-state index in [-0.39, 0.29) is 18.5 Å². The Morgan fingerprint density at radius 1 is 0.380 bits per heavy atom. The highest BCUT2D eigenvalue weighted by atomic mass is 16.5. The van der Waals surface area contributed by atoms with Gasteiger partial charge in [-0.05, 0) is 51.4 Å². The predicted molar refractivity (Wildman–Crippen MR) is 310 cm³/mol. The van der Waals surface area contributed by atoms with Crippen LogP contribution in [0.4, 0.5) is 0 Å². The van der Waals surface area contributed by atoms with Gasteiger partial charge in [-0.25, -0.2) is 0 Å². The molecule has 0 fully saturated rings. The van der Waals surface area contributed by atoms with Crippen LogP contribution in [0.2, 0.25) is 0 Å². The van der Waals surface area contributed by atoms with Crippen molar-refractivity contribution in [1.29, 1.82) is 0 Å². The first kappa shape index (κ1) is 69.6. The molecule has 6 heteroatoms. The van der Waals surface area contributed by atoms with Gasteiger partial charge in [0, 0.05) is 12.8 Å². The molecule has 0 bridgehead atoms. The van der Waals surface area contributed by atoms with Crippen molar-refractivity contribution in [3.05, 3.63) is 12.2 Å². The summed E-state index contributed by atoms with van der Waals surface area (Å²) in [6.45, 7) is 4.96. The minimum absolute atomic E-state index is 0.00806. The number of aliphatic hydroxyl groups is 2. The summed E-state index contributed by atoms with van der Waals surface area (Å²) < 4.78 is 5.48. The first-order valence-electron chi connectivity index (χ1n) is 32.4. The van der Waals surface area contributed by atoms with E-state index in [1.54, 1.807) is 0 Å². The van der Waals surface area contributed by atoms with Crippen LogP contribution in [0, 0.1) is 0 Å². The number of aliphatic hydroxyl groups excluding tert-OH is 2. The van der Waals surface area contributed by atoms with Crippen molar-refractivity contribution >= 4 is 11.9 Å². The SMILES string of the molecule is CCCCCCCCC/C=C\CCCCCCCC(=O)OCCCCCCCCCCCCCCCCC(=O)NC(CO)C(O)CCCCCCCCCCCCCCCCCCCCCCCCCC. The fourth-order valence-corrected chi connectivity index (χ4v) is 10.3. The minimum atomic E-state index is -0.673. The largest absolute Gasteiger partial charge is 0.466 e. The van der Waals surface area contributed by atoms with Crippen LogP contribution in [-0.4, -0.2) is 47.4 Å². The zero-order chi connectivity index (χ0) is 51.4. The maximum absolute atomic E-state index is 12.5. The summed E-state index contributed by atoms with van der Waals surface area (Å²) in [4.78, 5) is 24.6. The minimum Gasteiger partial charge on any atom is -0.466 e. The number of rotatable bonds is 61. The summed E-state index contributed by atoms with van der Waals surface area (Å²) in [5.41, 5.74) is 0. The second-order valence-electron chi connectivity index (χ2n) is 22.5. The van der Waals surface area contributed by atoms with Gasteiger partial charge in [0.2, 0.25) is 5.91 Å². The molecule has 71 heavy (non-hydrogen) atoms. The lowest BCUT2D eigenvalue weighted by Gasteiger charge is -2.22. The second-order valence-corrected chi connectivity index (χ2v) is 22.5. The van der Waals surface area contributed by atoms with Crippen LogP contribution in [0.3, 0.4) is 0 Å². The Morgan fingerprint density at radius 2 is 0.662 bits per heavy atom. The van der Waals surface area contributed by atoms with Crippen molar-refractivity contribution in [3.8, 4) is 0 Å². The topological polar surface area (TPSA) is 95.9 Å². The van der Waals surface area contributed by atoms with E-state index in [4.69, 9.17) is 4.74 Å². The van der Waals surface area contributed by atoms with E-state index in [1.807, 2.05) is 0 Å². The molecule has 0 aromatic heterocycles. The number of amides is 1. The Morgan fingerprint density at radius 3 is 1.00 bits per heavy atom. The summed E-state index contributed by atoms with van der Waals surface area (Å²) >= 11 is 0. The summed E-state index contributed by atoms with van der Waals surface area (Å²) in [5, 5.41) is 23.4. The molecular formula is C65H127NO5. The van der Waals surface area contributed by atoms with Crippen molar-refractivity contribution in [3.63, 3.8) is 0 Å². The monoisotopic (exact) mass is 1000 g/mol. The molecule has 0 spiro atoms. The fraction of sp³-hybridized carbons (Fsp3) is 0.938. The first-order valence-corrected chi connectivity index (χ1v) is 32.4. The van der Waals surface area contributed by atoms with Gasteiger partial charge in [0.1, 0.15) is 0 Å². The van der Waals surface area contributed by atoms with Gasteiger partial charge < -0.3 is 20.3 Å². The molecule has 0 aromatic rings. The number of ether oxygens (including phenoxy) is 1. The molecule has 0 heterocycles. The normalized spacial score (nSPS) is 12.6. The molecule has 0 aromatic carbocycles. The Hall–Kier alpha value is -1.40. The predicted octanol–water partition coefficient (Wildman–Crippen LogP) is 20.4. The van der Waals surface area contributed by atoms with Crippen molar-refractivity contribution in [1.82, 2.24) is 5.32 Å². The number of hydrogen-bond donors (Lipinski definition) is 3. The zero-order valence-electron chi connectivity index (χ0n) is 48.2. The molecule has 2 atom stereocenters. The second kappa shape index (κ2) is 61.1. The summed E-state index contributed by atoms with van der Waals surface area (Å²) in [5.74, 6) is -0.0492. The van der Waals surface area contributed by atoms with Crippen LogP contribution in [-0.2, 0) is 14.3 Å². The van der Waals surface area contributed by atoms with Crippen molar-refractivity contribution in [2.75, 3.05) is 13.2 Å². The molecule has 0 saturated carbocycles. The van der Waals surface area contributed by atoms with Crippen LogP contribution in [0.15, 0.2) is 12.2 Å². The zero-order valence-corrected chi connectivity index (χ0v) is 48.2. The Labute approximate surface area is 444 Å². The van der Waals surface area contributed by atoms with Crippen LogP contribution < -0.4 is 5.32 Å². The van der Waals surface area contributed by atoms with Crippen molar-refractivity contribution in [2.45, 2.75) is 379 Å². The van der Waals surface area contributed by atoms with Gasteiger partial charge in [-0.3, -0.25) is 9.59 Å². The highest BCUT2D eigenvalue weighted by Crippen LogP contribution is 2.18. The van der Waals surface area contributed by atoms with Crippen LogP contribution >= 0.6 is 0 Å². The van der Waals surface area contributed by atoms with E-state index in [0.29, 0.717) is 25.9 Å². The van der Waals surface area contributed by atoms with E-state index < -0.39 is 12.1 Å². The quantitative estimate of drug-likeness (QED) is 0.0320. The van der Waals surface area contributed by atoms with Gasteiger partial charge in [0.15, 0.2) is 0 Å². The van der Waals surface area contributed by atoms with Gasteiger partial charge in [0.25, 0.3) is 0 Å². The van der Waals surface area contributed by atoms with Gasteiger partial charge in [-0.1, -0.05) is 315 Å². The third kappa shape index (κ3) is 57.7. The van der Waals surface area contributed by atoms with Crippen molar-refractivity contribution in [2.24, 2.45) is 0 Å². The number of carbonyl (C=O) groups excluding carboxylic acids is 2. The maximum Gasteiger partial charge on any atom is 0.305 e. The smallest absolute Gasteiger partial charge is 0.305 e. The molecule has 3 N–H and O–H groups in total. The lowest BCUT2D eigenvalue weighted by molar-refractivity contribution is -0.143. The first-order chi connectivity index (χ1) is 35.0.